The predicted molar refractivity (Wildman–Crippen MR) is 97.5 cm³/mol. The number of benzene rings is 1. The van der Waals surface area contributed by atoms with E-state index in [1.807, 2.05) is 35.8 Å². The Morgan fingerprint density at radius 1 is 1.26 bits per heavy atom. The third-order valence-corrected chi connectivity index (χ3v) is 5.11. The van der Waals surface area contributed by atoms with Crippen LogP contribution >= 0.6 is 22.9 Å². The van der Waals surface area contributed by atoms with Crippen LogP contribution in [0.3, 0.4) is 0 Å². The largest absolute Gasteiger partial charge is 0.370 e. The van der Waals surface area contributed by atoms with E-state index in [0.717, 1.165) is 48.3 Å². The molecule has 3 rings (SSSR count). The lowest BCUT2D eigenvalue weighted by Crippen LogP contribution is -2.51. The maximum Gasteiger partial charge on any atom is 0.191 e. The molecule has 5 nitrogen and oxygen atoms in total. The summed E-state index contributed by atoms with van der Waals surface area (Å²) in [6.07, 6.45) is 2.65. The van der Waals surface area contributed by atoms with Crippen LogP contribution in [0.5, 0.6) is 0 Å². The minimum atomic E-state index is 0.621. The number of halogens is 1. The van der Waals surface area contributed by atoms with Gasteiger partial charge in [-0.25, -0.2) is 4.98 Å². The lowest BCUT2D eigenvalue weighted by molar-refractivity contribution is 0.380. The maximum atomic E-state index is 6.15. The molecule has 1 fully saturated rings. The summed E-state index contributed by atoms with van der Waals surface area (Å²) in [4.78, 5) is 13.3. The molecular formula is C16H20ClN5S. The van der Waals surface area contributed by atoms with Gasteiger partial charge >= 0.3 is 0 Å². The first-order valence-electron chi connectivity index (χ1n) is 7.67. The Balaban J connectivity index is 1.49. The molecule has 0 amide bonds. The van der Waals surface area contributed by atoms with E-state index in [1.54, 1.807) is 11.3 Å². The Bertz CT molecular complexity index is 650. The van der Waals surface area contributed by atoms with Crippen molar-refractivity contribution in [3.8, 4) is 0 Å². The van der Waals surface area contributed by atoms with Gasteiger partial charge in [0, 0.05) is 49.3 Å². The first-order chi connectivity index (χ1) is 11.2. The highest BCUT2D eigenvalue weighted by atomic mass is 35.5. The fraction of sp³-hybridized carbons (Fsp3) is 0.375. The maximum absolute atomic E-state index is 6.15. The molecule has 0 unspecified atom stereocenters. The van der Waals surface area contributed by atoms with Crippen LogP contribution in [-0.2, 0) is 6.42 Å². The standard InChI is InChI=1S/C16H20ClN5S/c17-14-4-2-1-3-13(14)5-6-19-15(18)21-8-10-22(11-9-21)16-20-7-12-23-16/h1-4,7,12H,5-6,8-11H2,(H2,18,19). The van der Waals surface area contributed by atoms with E-state index >= 15 is 0 Å². The lowest BCUT2D eigenvalue weighted by atomic mass is 10.1. The van der Waals surface area contributed by atoms with Gasteiger partial charge in [-0.05, 0) is 18.1 Å². The smallest absolute Gasteiger partial charge is 0.191 e. The molecule has 0 bridgehead atoms. The predicted octanol–water partition coefficient (Wildman–Crippen LogP) is 2.48. The number of hydrogen-bond acceptors (Lipinski definition) is 4. The van der Waals surface area contributed by atoms with Crippen LogP contribution in [0.1, 0.15) is 5.56 Å². The summed E-state index contributed by atoms with van der Waals surface area (Å²) in [5.41, 5.74) is 7.24. The summed E-state index contributed by atoms with van der Waals surface area (Å²) in [7, 11) is 0. The molecule has 122 valence electrons. The fourth-order valence-electron chi connectivity index (χ4n) is 2.59. The molecule has 1 aromatic carbocycles. The van der Waals surface area contributed by atoms with Crippen molar-refractivity contribution in [3.05, 3.63) is 46.4 Å². The molecule has 2 heterocycles. The number of nitrogens with zero attached hydrogens (tertiary/aromatic N) is 4. The first kappa shape index (κ1) is 16.1. The summed E-state index contributed by atoms with van der Waals surface area (Å²) >= 11 is 7.83. The third-order valence-electron chi connectivity index (χ3n) is 3.91. The minimum absolute atomic E-state index is 0.621. The molecule has 2 aromatic rings. The zero-order valence-corrected chi connectivity index (χ0v) is 14.4. The van der Waals surface area contributed by atoms with E-state index in [0.29, 0.717) is 12.5 Å². The molecule has 2 N–H and O–H groups in total. The van der Waals surface area contributed by atoms with E-state index in [9.17, 15) is 0 Å². The molecule has 0 aliphatic carbocycles. The van der Waals surface area contributed by atoms with Crippen molar-refractivity contribution in [1.29, 1.82) is 0 Å². The molecule has 1 aromatic heterocycles. The first-order valence-corrected chi connectivity index (χ1v) is 8.92. The van der Waals surface area contributed by atoms with Crippen LogP contribution in [0.4, 0.5) is 5.13 Å². The molecule has 0 spiro atoms. The van der Waals surface area contributed by atoms with Gasteiger partial charge < -0.3 is 15.5 Å². The number of aromatic nitrogens is 1. The monoisotopic (exact) mass is 349 g/mol. The lowest BCUT2D eigenvalue weighted by Gasteiger charge is -2.35. The second-order valence-electron chi connectivity index (χ2n) is 5.37. The summed E-state index contributed by atoms with van der Waals surface area (Å²) < 4.78 is 0. The van der Waals surface area contributed by atoms with E-state index in [-0.39, 0.29) is 0 Å². The van der Waals surface area contributed by atoms with Crippen LogP contribution in [0.2, 0.25) is 5.02 Å². The molecule has 0 atom stereocenters. The van der Waals surface area contributed by atoms with Crippen LogP contribution in [0.25, 0.3) is 0 Å². The van der Waals surface area contributed by atoms with Crippen molar-refractivity contribution in [2.45, 2.75) is 6.42 Å². The highest BCUT2D eigenvalue weighted by molar-refractivity contribution is 7.13. The Hall–Kier alpha value is -1.79. The van der Waals surface area contributed by atoms with Gasteiger partial charge in [0.1, 0.15) is 0 Å². The van der Waals surface area contributed by atoms with Gasteiger partial charge in [0.15, 0.2) is 11.1 Å². The van der Waals surface area contributed by atoms with Crippen molar-refractivity contribution < 1.29 is 0 Å². The van der Waals surface area contributed by atoms with Crippen LogP contribution in [-0.4, -0.2) is 48.6 Å². The topological polar surface area (TPSA) is 57.8 Å². The van der Waals surface area contributed by atoms with E-state index in [4.69, 9.17) is 17.3 Å². The average molecular weight is 350 g/mol. The Morgan fingerprint density at radius 3 is 2.74 bits per heavy atom. The molecule has 0 radical (unpaired) electrons. The number of aliphatic imine (C=N–C) groups is 1. The van der Waals surface area contributed by atoms with E-state index in [2.05, 4.69) is 19.8 Å². The second-order valence-corrected chi connectivity index (χ2v) is 6.65. The number of nitrogens with two attached hydrogens (primary N) is 1. The van der Waals surface area contributed by atoms with E-state index in [1.165, 1.54) is 0 Å². The van der Waals surface area contributed by atoms with Gasteiger partial charge in [-0.15, -0.1) is 11.3 Å². The number of thiazole rings is 1. The number of guanidine groups is 1. The van der Waals surface area contributed by atoms with E-state index < -0.39 is 0 Å². The highest BCUT2D eigenvalue weighted by Gasteiger charge is 2.19. The Morgan fingerprint density at radius 2 is 2.04 bits per heavy atom. The van der Waals surface area contributed by atoms with Gasteiger partial charge in [-0.3, -0.25) is 4.99 Å². The van der Waals surface area contributed by atoms with Crippen molar-refractivity contribution >= 4 is 34.0 Å². The zero-order chi connectivity index (χ0) is 16.1. The second kappa shape index (κ2) is 7.66. The highest BCUT2D eigenvalue weighted by Crippen LogP contribution is 2.19. The summed E-state index contributed by atoms with van der Waals surface area (Å²) in [6.45, 7) is 4.26. The summed E-state index contributed by atoms with van der Waals surface area (Å²) in [5.74, 6) is 0.621. The van der Waals surface area contributed by atoms with Crippen molar-refractivity contribution in [3.63, 3.8) is 0 Å². The average Bonchev–Trinajstić information content (AvgIpc) is 3.11. The van der Waals surface area contributed by atoms with Crippen LogP contribution in [0.15, 0.2) is 40.8 Å². The van der Waals surface area contributed by atoms with Crippen molar-refractivity contribution in [1.82, 2.24) is 9.88 Å². The van der Waals surface area contributed by atoms with Gasteiger partial charge in [0.2, 0.25) is 0 Å². The van der Waals surface area contributed by atoms with Gasteiger partial charge in [-0.1, -0.05) is 29.8 Å². The molecule has 1 aliphatic rings. The number of rotatable bonds is 4. The molecule has 23 heavy (non-hydrogen) atoms. The SMILES string of the molecule is NC(=NCCc1ccccc1Cl)N1CCN(c2nccs2)CC1. The van der Waals surface area contributed by atoms with Gasteiger partial charge in [-0.2, -0.15) is 0 Å². The molecule has 1 aliphatic heterocycles. The number of anilines is 1. The zero-order valence-electron chi connectivity index (χ0n) is 12.9. The Kier molecular flexibility index (Phi) is 5.35. The van der Waals surface area contributed by atoms with Gasteiger partial charge in [0.05, 0.1) is 0 Å². The quantitative estimate of drug-likeness (QED) is 0.680. The third kappa shape index (κ3) is 4.14. The number of piperazine rings is 1. The molecule has 7 heteroatoms. The van der Waals surface area contributed by atoms with Gasteiger partial charge in [0.25, 0.3) is 0 Å². The minimum Gasteiger partial charge on any atom is -0.370 e. The van der Waals surface area contributed by atoms with Crippen molar-refractivity contribution in [2.75, 3.05) is 37.6 Å². The number of hydrogen-bond donors (Lipinski definition) is 1. The summed E-state index contributed by atoms with van der Waals surface area (Å²) in [5, 5.41) is 3.88. The summed E-state index contributed by atoms with van der Waals surface area (Å²) in [6, 6.07) is 7.86. The van der Waals surface area contributed by atoms with Crippen molar-refractivity contribution in [2.24, 2.45) is 10.7 Å². The normalized spacial score (nSPS) is 16.0. The fourth-order valence-corrected chi connectivity index (χ4v) is 3.52. The molecular weight excluding hydrogens is 330 g/mol. The Labute approximate surface area is 145 Å². The van der Waals surface area contributed by atoms with Crippen LogP contribution < -0.4 is 10.6 Å². The van der Waals surface area contributed by atoms with Crippen LogP contribution in [0, 0.1) is 0 Å². The molecule has 1 saturated heterocycles. The molecule has 0 saturated carbocycles.